The highest BCUT2D eigenvalue weighted by Crippen LogP contribution is 2.43. The van der Waals surface area contributed by atoms with Crippen LogP contribution in [0.3, 0.4) is 0 Å². The van der Waals surface area contributed by atoms with E-state index in [2.05, 4.69) is 51.6 Å². The molecule has 3 heterocycles. The number of carbonyl (C=O) groups excluding carboxylic acids is 1. The molecule has 1 aromatic carbocycles. The van der Waals surface area contributed by atoms with Crippen molar-refractivity contribution in [2.75, 3.05) is 13.1 Å². The fourth-order valence-corrected chi connectivity index (χ4v) is 4.42. The van der Waals surface area contributed by atoms with Gasteiger partial charge >= 0.3 is 0 Å². The normalized spacial score (nSPS) is 22.9. The zero-order chi connectivity index (χ0) is 17.3. The Kier molecular flexibility index (Phi) is 4.30. The molecule has 1 aromatic heterocycles. The van der Waals surface area contributed by atoms with Crippen molar-refractivity contribution >= 4 is 5.91 Å². The predicted molar refractivity (Wildman–Crippen MR) is 98.2 cm³/mol. The van der Waals surface area contributed by atoms with Crippen LogP contribution in [0.5, 0.6) is 0 Å². The quantitative estimate of drug-likeness (QED) is 0.938. The van der Waals surface area contributed by atoms with Gasteiger partial charge in [-0.2, -0.15) is 0 Å². The van der Waals surface area contributed by atoms with E-state index >= 15 is 0 Å². The molecule has 130 valence electrons. The maximum absolute atomic E-state index is 12.2. The number of benzene rings is 1. The molecule has 1 atom stereocenters. The molecule has 4 nitrogen and oxygen atoms in total. The number of rotatable bonds is 3. The molecule has 4 heteroatoms. The number of aryl methyl sites for hydroxylation is 1. The van der Waals surface area contributed by atoms with Gasteiger partial charge in [-0.05, 0) is 37.5 Å². The molecule has 1 spiro atoms. The van der Waals surface area contributed by atoms with Crippen molar-refractivity contribution in [2.24, 2.45) is 0 Å². The first-order valence-electron chi connectivity index (χ1n) is 9.15. The number of aromatic nitrogens is 1. The third-order valence-electron chi connectivity index (χ3n) is 5.73. The van der Waals surface area contributed by atoms with Crippen LogP contribution in [0.15, 0.2) is 48.5 Å². The number of hydrogen-bond acceptors (Lipinski definition) is 3. The fourth-order valence-electron chi connectivity index (χ4n) is 4.42. The van der Waals surface area contributed by atoms with Gasteiger partial charge in [-0.25, -0.2) is 0 Å². The number of piperidine rings is 1. The second-order valence-corrected chi connectivity index (χ2v) is 7.42. The van der Waals surface area contributed by atoms with E-state index in [4.69, 9.17) is 0 Å². The Hall–Kier alpha value is -2.20. The summed E-state index contributed by atoms with van der Waals surface area (Å²) in [5.41, 5.74) is 3.41. The fraction of sp³-hybridized carbons (Fsp3) is 0.429. The van der Waals surface area contributed by atoms with E-state index in [0.29, 0.717) is 12.3 Å². The Bertz CT molecular complexity index is 751. The molecule has 0 radical (unpaired) electrons. The summed E-state index contributed by atoms with van der Waals surface area (Å²) in [5, 5.41) is 3.33. The summed E-state index contributed by atoms with van der Waals surface area (Å²) < 4.78 is 0. The van der Waals surface area contributed by atoms with Crippen LogP contribution < -0.4 is 5.32 Å². The molecule has 25 heavy (non-hydrogen) atoms. The van der Waals surface area contributed by atoms with Crippen LogP contribution in [-0.2, 0) is 11.3 Å². The molecule has 2 aromatic rings. The molecular formula is C21H25N3O. The highest BCUT2D eigenvalue weighted by Gasteiger charge is 2.48. The zero-order valence-electron chi connectivity index (χ0n) is 14.7. The monoisotopic (exact) mass is 335 g/mol. The van der Waals surface area contributed by atoms with E-state index in [0.717, 1.165) is 43.9 Å². The first-order valence-corrected chi connectivity index (χ1v) is 9.15. The van der Waals surface area contributed by atoms with Crippen molar-refractivity contribution in [2.45, 2.75) is 44.2 Å². The topological polar surface area (TPSA) is 45.2 Å². The van der Waals surface area contributed by atoms with Gasteiger partial charge in [0, 0.05) is 43.2 Å². The summed E-state index contributed by atoms with van der Waals surface area (Å²) in [6.45, 7) is 4.92. The van der Waals surface area contributed by atoms with E-state index < -0.39 is 0 Å². The zero-order valence-corrected chi connectivity index (χ0v) is 14.7. The molecule has 2 saturated heterocycles. The summed E-state index contributed by atoms with van der Waals surface area (Å²) in [7, 11) is 0. The maximum Gasteiger partial charge on any atom is 0.221 e. The minimum Gasteiger partial charge on any atom is -0.350 e. The first kappa shape index (κ1) is 16.3. The Morgan fingerprint density at radius 3 is 2.60 bits per heavy atom. The molecule has 2 aliphatic rings. The smallest absolute Gasteiger partial charge is 0.221 e. The van der Waals surface area contributed by atoms with Gasteiger partial charge in [0.2, 0.25) is 5.91 Å². The van der Waals surface area contributed by atoms with E-state index in [9.17, 15) is 4.79 Å². The summed E-state index contributed by atoms with van der Waals surface area (Å²) in [5.74, 6) is 0.489. The Balaban J connectivity index is 1.47. The number of likely N-dealkylation sites (tertiary alicyclic amines) is 1. The van der Waals surface area contributed by atoms with Crippen LogP contribution in [0.2, 0.25) is 0 Å². The highest BCUT2D eigenvalue weighted by atomic mass is 16.2. The number of nitrogens with zero attached hydrogens (tertiary/aromatic N) is 2. The van der Waals surface area contributed by atoms with Gasteiger partial charge in [-0.3, -0.25) is 14.7 Å². The summed E-state index contributed by atoms with van der Waals surface area (Å²) in [4.78, 5) is 19.3. The van der Waals surface area contributed by atoms with Crippen molar-refractivity contribution < 1.29 is 4.79 Å². The lowest BCUT2D eigenvalue weighted by molar-refractivity contribution is -0.120. The van der Waals surface area contributed by atoms with Crippen LogP contribution in [0.4, 0.5) is 0 Å². The second-order valence-electron chi connectivity index (χ2n) is 7.42. The molecule has 1 N–H and O–H groups in total. The largest absolute Gasteiger partial charge is 0.350 e. The summed E-state index contributed by atoms with van der Waals surface area (Å²) >= 11 is 0. The van der Waals surface area contributed by atoms with Gasteiger partial charge in [-0.15, -0.1) is 0 Å². The number of nitrogens with one attached hydrogen (secondary N) is 1. The van der Waals surface area contributed by atoms with E-state index in [-0.39, 0.29) is 11.4 Å². The van der Waals surface area contributed by atoms with Crippen LogP contribution in [0, 0.1) is 6.92 Å². The average molecular weight is 335 g/mol. The van der Waals surface area contributed by atoms with Crippen LogP contribution >= 0.6 is 0 Å². The van der Waals surface area contributed by atoms with Crippen LogP contribution in [0.25, 0.3) is 0 Å². The SMILES string of the molecule is Cc1cccc(CN2CCC3(CC2)NC(=O)C[C@H]3c2ccccc2)n1. The van der Waals surface area contributed by atoms with Gasteiger partial charge in [0.05, 0.1) is 5.69 Å². The number of carbonyl (C=O) groups is 1. The Morgan fingerprint density at radius 2 is 1.88 bits per heavy atom. The molecule has 2 fully saturated rings. The van der Waals surface area contributed by atoms with E-state index in [1.807, 2.05) is 19.1 Å². The Morgan fingerprint density at radius 1 is 1.12 bits per heavy atom. The second kappa shape index (κ2) is 6.60. The van der Waals surface area contributed by atoms with Gasteiger partial charge in [-0.1, -0.05) is 36.4 Å². The van der Waals surface area contributed by atoms with Gasteiger partial charge in [0.1, 0.15) is 0 Å². The number of amides is 1. The minimum atomic E-state index is -0.0744. The molecular weight excluding hydrogens is 310 g/mol. The molecule has 1 amide bonds. The lowest BCUT2D eigenvalue weighted by atomic mass is 9.74. The Labute approximate surface area is 149 Å². The third kappa shape index (κ3) is 3.31. The molecule has 4 rings (SSSR count). The van der Waals surface area contributed by atoms with Crippen molar-refractivity contribution in [3.63, 3.8) is 0 Å². The lowest BCUT2D eigenvalue weighted by Crippen LogP contribution is -2.53. The van der Waals surface area contributed by atoms with E-state index in [1.165, 1.54) is 5.56 Å². The molecule has 2 aliphatic heterocycles. The number of hydrogen-bond donors (Lipinski definition) is 1. The van der Waals surface area contributed by atoms with Crippen LogP contribution in [0.1, 0.15) is 42.1 Å². The molecule has 0 unspecified atom stereocenters. The summed E-state index contributed by atoms with van der Waals surface area (Å²) in [6.07, 6.45) is 2.62. The van der Waals surface area contributed by atoms with Crippen molar-refractivity contribution in [3.05, 3.63) is 65.5 Å². The lowest BCUT2D eigenvalue weighted by Gasteiger charge is -2.43. The molecule has 0 bridgehead atoms. The van der Waals surface area contributed by atoms with E-state index in [1.54, 1.807) is 0 Å². The number of pyridine rings is 1. The summed E-state index contributed by atoms with van der Waals surface area (Å²) in [6, 6.07) is 16.7. The standard InChI is InChI=1S/C21H25N3O/c1-16-6-5-9-18(22-16)15-24-12-10-21(11-13-24)19(14-20(25)23-21)17-7-3-2-4-8-17/h2-9,19H,10-15H2,1H3,(H,23,25)/t19-/m0/s1. The molecule has 0 saturated carbocycles. The predicted octanol–water partition coefficient (Wildman–Crippen LogP) is 3.03. The van der Waals surface area contributed by atoms with Crippen LogP contribution in [-0.4, -0.2) is 34.4 Å². The molecule has 0 aliphatic carbocycles. The first-order chi connectivity index (χ1) is 12.1. The van der Waals surface area contributed by atoms with Crippen molar-refractivity contribution in [1.29, 1.82) is 0 Å². The highest BCUT2D eigenvalue weighted by molar-refractivity contribution is 5.81. The van der Waals surface area contributed by atoms with Crippen molar-refractivity contribution in [1.82, 2.24) is 15.2 Å². The average Bonchev–Trinajstić information content (AvgIpc) is 2.94. The van der Waals surface area contributed by atoms with Crippen molar-refractivity contribution in [3.8, 4) is 0 Å². The van der Waals surface area contributed by atoms with Gasteiger partial charge in [0.15, 0.2) is 0 Å². The van der Waals surface area contributed by atoms with Gasteiger partial charge in [0.25, 0.3) is 0 Å². The van der Waals surface area contributed by atoms with Gasteiger partial charge < -0.3 is 5.32 Å². The third-order valence-corrected chi connectivity index (χ3v) is 5.73. The minimum absolute atomic E-state index is 0.0744. The maximum atomic E-state index is 12.2.